The number of esters is 1. The first kappa shape index (κ1) is 22.1. The fraction of sp³-hybridized carbons (Fsp3) is 0.667. The van der Waals surface area contributed by atoms with E-state index < -0.39 is 18.0 Å². The second kappa shape index (κ2) is 10.3. The molecule has 146 valence electrons. The van der Waals surface area contributed by atoms with Crippen LogP contribution in [0.4, 0.5) is 0 Å². The smallest absolute Gasteiger partial charge is 0.355 e. The Morgan fingerprint density at radius 3 is 2.46 bits per heavy atom. The zero-order valence-corrected chi connectivity index (χ0v) is 16.8. The number of hydrogen-bond acceptors (Lipinski definition) is 6. The average Bonchev–Trinajstić information content (AvgIpc) is 3.05. The van der Waals surface area contributed by atoms with E-state index in [-0.39, 0.29) is 23.6 Å². The minimum atomic E-state index is -1.12. The van der Waals surface area contributed by atoms with Crippen LogP contribution >= 0.6 is 11.3 Å². The fourth-order valence-corrected chi connectivity index (χ4v) is 3.55. The monoisotopic (exact) mass is 384 g/mol. The largest absolute Gasteiger partial charge is 0.476 e. The van der Waals surface area contributed by atoms with Gasteiger partial charge < -0.3 is 14.7 Å². The van der Waals surface area contributed by atoms with Crippen LogP contribution in [0.15, 0.2) is 5.38 Å². The molecule has 1 heterocycles. The van der Waals surface area contributed by atoms with Gasteiger partial charge in [0, 0.05) is 38.2 Å². The van der Waals surface area contributed by atoms with Crippen LogP contribution in [0.5, 0.6) is 0 Å². The standard InChI is InChI=1S/C18H28N2O5S/c1-6-7-8-16(22)20(5)14(11(2)3)9-15(25-12(4)21)17-19-13(10-26-17)18(23)24/h10-11,14-15H,6-9H2,1-5H3,(H,23,24)/t14-,15?/m0/s1. The first-order valence-corrected chi connectivity index (χ1v) is 9.66. The quantitative estimate of drug-likeness (QED) is 0.620. The first-order chi connectivity index (χ1) is 12.2. The van der Waals surface area contributed by atoms with Crippen LogP contribution in [0.1, 0.15) is 75.0 Å². The Morgan fingerprint density at radius 2 is 2.00 bits per heavy atom. The number of aromatic carboxylic acids is 1. The highest BCUT2D eigenvalue weighted by molar-refractivity contribution is 7.09. The summed E-state index contributed by atoms with van der Waals surface area (Å²) in [4.78, 5) is 40.8. The topological polar surface area (TPSA) is 96.8 Å². The minimum absolute atomic E-state index is 0.0532. The van der Waals surface area contributed by atoms with E-state index in [1.54, 1.807) is 11.9 Å². The molecule has 1 unspecified atom stereocenters. The van der Waals surface area contributed by atoms with Crippen LogP contribution in [0, 0.1) is 5.92 Å². The SMILES string of the molecule is CCCCC(=O)N(C)[C@@H](CC(OC(C)=O)c1nc(C(=O)O)cs1)C(C)C. The molecule has 0 saturated carbocycles. The van der Waals surface area contributed by atoms with Gasteiger partial charge in [-0.3, -0.25) is 9.59 Å². The van der Waals surface area contributed by atoms with Gasteiger partial charge in [-0.15, -0.1) is 11.3 Å². The number of rotatable bonds is 10. The van der Waals surface area contributed by atoms with E-state index in [2.05, 4.69) is 4.98 Å². The van der Waals surface area contributed by atoms with Crippen molar-refractivity contribution in [3.05, 3.63) is 16.1 Å². The number of carboxylic acid groups (broad SMARTS) is 1. The number of carbonyl (C=O) groups is 3. The molecule has 0 bridgehead atoms. The molecule has 1 N–H and O–H groups in total. The second-order valence-corrected chi connectivity index (χ2v) is 7.52. The lowest BCUT2D eigenvalue weighted by Crippen LogP contribution is -2.41. The maximum atomic E-state index is 12.4. The molecule has 0 fully saturated rings. The van der Waals surface area contributed by atoms with E-state index in [0.717, 1.165) is 24.2 Å². The van der Waals surface area contributed by atoms with E-state index in [9.17, 15) is 14.4 Å². The summed E-state index contributed by atoms with van der Waals surface area (Å²) in [5.74, 6) is -1.40. The van der Waals surface area contributed by atoms with Gasteiger partial charge in [-0.1, -0.05) is 27.2 Å². The van der Waals surface area contributed by atoms with Crippen LogP contribution in [-0.4, -0.2) is 45.9 Å². The molecule has 2 atom stereocenters. The van der Waals surface area contributed by atoms with Crippen LogP contribution in [0.2, 0.25) is 0 Å². The van der Waals surface area contributed by atoms with Crippen molar-refractivity contribution in [1.82, 2.24) is 9.88 Å². The maximum Gasteiger partial charge on any atom is 0.355 e. The van der Waals surface area contributed by atoms with Gasteiger partial charge in [0.25, 0.3) is 0 Å². The van der Waals surface area contributed by atoms with Crippen molar-refractivity contribution in [3.8, 4) is 0 Å². The van der Waals surface area contributed by atoms with Crippen molar-refractivity contribution < 1.29 is 24.2 Å². The van der Waals surface area contributed by atoms with Crippen LogP contribution in [-0.2, 0) is 14.3 Å². The summed E-state index contributed by atoms with van der Waals surface area (Å²) in [5, 5.41) is 10.9. The number of aromatic nitrogens is 1. The van der Waals surface area contributed by atoms with Gasteiger partial charge in [0.05, 0.1) is 0 Å². The van der Waals surface area contributed by atoms with E-state index in [1.807, 2.05) is 20.8 Å². The Bertz CT molecular complexity index is 629. The van der Waals surface area contributed by atoms with Gasteiger partial charge in [0.15, 0.2) is 11.8 Å². The van der Waals surface area contributed by atoms with Crippen molar-refractivity contribution >= 4 is 29.2 Å². The molecule has 1 amide bonds. The zero-order chi connectivity index (χ0) is 19.9. The Labute approximate surface area is 158 Å². The maximum absolute atomic E-state index is 12.4. The number of unbranched alkanes of at least 4 members (excludes halogenated alkanes) is 1. The highest BCUT2D eigenvalue weighted by Gasteiger charge is 2.30. The number of carboxylic acids is 1. The predicted molar refractivity (Wildman–Crippen MR) is 99.1 cm³/mol. The van der Waals surface area contributed by atoms with Gasteiger partial charge >= 0.3 is 11.9 Å². The van der Waals surface area contributed by atoms with Crippen LogP contribution in [0.25, 0.3) is 0 Å². The number of ether oxygens (including phenoxy) is 1. The summed E-state index contributed by atoms with van der Waals surface area (Å²) < 4.78 is 5.40. The molecule has 1 aromatic heterocycles. The van der Waals surface area contributed by atoms with Gasteiger partial charge in [0.1, 0.15) is 5.01 Å². The summed E-state index contributed by atoms with van der Waals surface area (Å²) in [6.45, 7) is 7.35. The Hall–Kier alpha value is -1.96. The zero-order valence-electron chi connectivity index (χ0n) is 16.0. The van der Waals surface area contributed by atoms with Crippen molar-refractivity contribution in [2.75, 3.05) is 7.05 Å². The summed E-state index contributed by atoms with van der Waals surface area (Å²) in [7, 11) is 1.76. The molecule has 26 heavy (non-hydrogen) atoms. The molecular weight excluding hydrogens is 356 g/mol. The summed E-state index contributed by atoms with van der Waals surface area (Å²) in [5.41, 5.74) is -0.0735. The van der Waals surface area contributed by atoms with Crippen LogP contribution in [0.3, 0.4) is 0 Å². The normalized spacial score (nSPS) is 13.3. The Balaban J connectivity index is 3.01. The van der Waals surface area contributed by atoms with Crippen LogP contribution < -0.4 is 0 Å². The average molecular weight is 384 g/mol. The van der Waals surface area contributed by atoms with E-state index in [1.165, 1.54) is 12.3 Å². The highest BCUT2D eigenvalue weighted by atomic mass is 32.1. The fourth-order valence-electron chi connectivity index (χ4n) is 2.72. The summed E-state index contributed by atoms with van der Waals surface area (Å²) in [6, 6.07) is -0.152. The molecule has 0 aliphatic rings. The lowest BCUT2D eigenvalue weighted by Gasteiger charge is -2.33. The van der Waals surface area contributed by atoms with Gasteiger partial charge in [-0.25, -0.2) is 9.78 Å². The van der Waals surface area contributed by atoms with Gasteiger partial charge in [0.2, 0.25) is 5.91 Å². The molecule has 0 aliphatic carbocycles. The number of hydrogen-bond donors (Lipinski definition) is 1. The van der Waals surface area contributed by atoms with E-state index in [4.69, 9.17) is 9.84 Å². The molecule has 0 spiro atoms. The lowest BCUT2D eigenvalue weighted by molar-refractivity contribution is -0.148. The molecular formula is C18H28N2O5S. The Morgan fingerprint density at radius 1 is 1.35 bits per heavy atom. The van der Waals surface area contributed by atoms with E-state index in [0.29, 0.717) is 17.8 Å². The third-order valence-electron chi connectivity index (χ3n) is 4.18. The second-order valence-electron chi connectivity index (χ2n) is 6.63. The molecule has 7 nitrogen and oxygen atoms in total. The van der Waals surface area contributed by atoms with Crippen molar-refractivity contribution in [3.63, 3.8) is 0 Å². The number of nitrogens with zero attached hydrogens (tertiary/aromatic N) is 2. The molecule has 0 saturated heterocycles. The van der Waals surface area contributed by atoms with Crippen molar-refractivity contribution in [2.45, 2.75) is 65.5 Å². The molecule has 1 rings (SSSR count). The molecule has 0 aliphatic heterocycles. The molecule has 8 heteroatoms. The van der Waals surface area contributed by atoms with Gasteiger partial charge in [-0.2, -0.15) is 0 Å². The highest BCUT2D eigenvalue weighted by Crippen LogP contribution is 2.30. The number of carbonyl (C=O) groups excluding carboxylic acids is 2. The first-order valence-electron chi connectivity index (χ1n) is 8.78. The van der Waals surface area contributed by atoms with Crippen molar-refractivity contribution in [2.24, 2.45) is 5.92 Å². The Kier molecular flexibility index (Phi) is 8.71. The third-order valence-corrected chi connectivity index (χ3v) is 5.12. The molecule has 0 aromatic carbocycles. The lowest BCUT2D eigenvalue weighted by atomic mass is 9.96. The van der Waals surface area contributed by atoms with Gasteiger partial charge in [-0.05, 0) is 12.3 Å². The number of amides is 1. The predicted octanol–water partition coefficient (Wildman–Crippen LogP) is 3.51. The van der Waals surface area contributed by atoms with Crippen molar-refractivity contribution in [1.29, 1.82) is 0 Å². The number of thiazole rings is 1. The minimum Gasteiger partial charge on any atom is -0.476 e. The summed E-state index contributed by atoms with van der Waals surface area (Å²) in [6.07, 6.45) is 1.95. The third kappa shape index (κ3) is 6.40. The molecule has 0 radical (unpaired) electrons. The van der Waals surface area contributed by atoms with E-state index >= 15 is 0 Å². The summed E-state index contributed by atoms with van der Waals surface area (Å²) >= 11 is 1.14. The molecule has 1 aromatic rings.